The Morgan fingerprint density at radius 1 is 0.358 bits per heavy atom. The molecule has 4 unspecified atom stereocenters. The number of nitrogens with one attached hydrogen (secondary N) is 5. The lowest BCUT2D eigenvalue weighted by Crippen LogP contribution is -2.57. The molecule has 0 rings (SSSR count). The van der Waals surface area contributed by atoms with E-state index in [0.29, 0.717) is 96.2 Å². The second-order valence-corrected chi connectivity index (χ2v) is 33.2. The number of hydrogen-bond donors (Lipinski definition) is 5. The van der Waals surface area contributed by atoms with Gasteiger partial charge in [0.05, 0.1) is 0 Å². The van der Waals surface area contributed by atoms with E-state index < -0.39 is 114 Å². The molecule has 0 aromatic heterocycles. The van der Waals surface area contributed by atoms with Gasteiger partial charge in [0.1, 0.15) is 29.0 Å². The van der Waals surface area contributed by atoms with E-state index in [0.717, 1.165) is 97.8 Å². The van der Waals surface area contributed by atoms with E-state index in [1.54, 1.807) is 9.80 Å². The Morgan fingerprint density at radius 2 is 0.734 bits per heavy atom. The van der Waals surface area contributed by atoms with Crippen molar-refractivity contribution in [2.75, 3.05) is 65.5 Å². The summed E-state index contributed by atoms with van der Waals surface area (Å²) >= 11 is 0. The normalized spacial score (nSPS) is 13.8. The van der Waals surface area contributed by atoms with Gasteiger partial charge in [-0.05, 0) is 158 Å². The molecule has 28 nitrogen and oxygen atoms in total. The fraction of sp³-hybridized carbons (Fsp3) is 0.852. The highest BCUT2D eigenvalue weighted by atomic mass is 16.6. The number of nitrogens with zero attached hydrogens (tertiary/aromatic N) is 2. The van der Waals surface area contributed by atoms with Crippen molar-refractivity contribution in [3.8, 4) is 0 Å². The summed E-state index contributed by atoms with van der Waals surface area (Å²) in [5.41, 5.74) is -2.60. The fourth-order valence-electron chi connectivity index (χ4n) is 11.5. The number of carbonyl (C=O) groups excluding carboxylic acids is 12. The maximum Gasteiger partial charge on any atom is 0.410 e. The topological polar surface area (TPSA) is 355 Å². The lowest BCUT2D eigenvalue weighted by Gasteiger charge is -2.34. The zero-order valence-electron chi connectivity index (χ0n) is 71.5. The summed E-state index contributed by atoms with van der Waals surface area (Å²) in [5.74, 6) is -2.89. The van der Waals surface area contributed by atoms with Gasteiger partial charge < -0.3 is 79.0 Å². The molecule has 0 aromatic rings. The molecule has 7 amide bonds. The summed E-state index contributed by atoms with van der Waals surface area (Å²) in [6.45, 7) is 42.6. The van der Waals surface area contributed by atoms with E-state index in [1.807, 2.05) is 90.0 Å². The van der Waals surface area contributed by atoms with Crippen molar-refractivity contribution >= 4 is 71.9 Å². The third-order valence-corrected chi connectivity index (χ3v) is 17.1. The van der Waals surface area contributed by atoms with Crippen molar-refractivity contribution in [3.05, 3.63) is 0 Å². The van der Waals surface area contributed by atoms with Gasteiger partial charge in [0.15, 0.2) is 18.3 Å². The highest BCUT2D eigenvalue weighted by molar-refractivity contribution is 5.85. The predicted molar refractivity (Wildman–Crippen MR) is 420 cm³/mol. The van der Waals surface area contributed by atoms with E-state index in [-0.39, 0.29) is 30.8 Å². The number of amides is 7. The van der Waals surface area contributed by atoms with Crippen LogP contribution in [0.2, 0.25) is 0 Å². The summed E-state index contributed by atoms with van der Waals surface area (Å²) in [4.78, 5) is 152. The van der Waals surface area contributed by atoms with E-state index in [2.05, 4.69) is 61.2 Å². The molecule has 0 bridgehead atoms. The van der Waals surface area contributed by atoms with Crippen molar-refractivity contribution in [1.82, 2.24) is 36.4 Å². The first-order valence-electron chi connectivity index (χ1n) is 40.2. The average molecular weight is 1560 g/mol. The van der Waals surface area contributed by atoms with Crippen molar-refractivity contribution in [3.63, 3.8) is 0 Å². The van der Waals surface area contributed by atoms with Crippen LogP contribution in [0.5, 0.6) is 0 Å². The number of rotatable bonds is 52. The number of esters is 5. The second kappa shape index (κ2) is 57.0. The van der Waals surface area contributed by atoms with Crippen LogP contribution in [0.25, 0.3) is 0 Å². The number of alkyl carbamates (subject to hydrolysis) is 2. The Labute approximate surface area is 654 Å². The number of carbonyl (C=O) groups is 12. The number of unbranched alkanes of at least 4 members (excludes halogenated alkanes) is 6. The van der Waals surface area contributed by atoms with Crippen LogP contribution in [0.15, 0.2) is 0 Å². The van der Waals surface area contributed by atoms with Crippen molar-refractivity contribution in [2.24, 2.45) is 29.6 Å². The maximum absolute atomic E-state index is 13.6. The molecule has 5 N–H and O–H groups in total. The quantitative estimate of drug-likeness (QED) is 0.0214. The smallest absolute Gasteiger partial charge is 0.410 e. The molecule has 0 fully saturated rings. The standard InChI is InChI=1S/C41H72N2O12.C40H77N5O9/c1-11-27(2)18-14-19-28(3)16-12-13-17-29(4)20-15-21-30(5)22-23-37(49)42-24-25-43-41(50)40(55-35(10)48)39(54-34(9)47)38(53-33(8)46)36(52-32(7)45)26-51-31(6)44;1-14-32(46)41-24-18-16-15-17-23-31(29-44(35(49)53-39(8,9)10)27-21-19-25-42-33(47)51-37(2,3)4)30-45(36(50)54-40(11,12)13)28-22-20-26-43-34(48)52-38(5,6)7/h27-30,36,38-40H,11-26H2,1-10H3,(H,42,49)(H,43,50);31H,14-30H2,1-13H3,(H,41,46)(H,42,47)(H,43,48)/t27?,28?,29?,30?,36-,38-,39+,40-;/m1./s1. The molecule has 0 heterocycles. The molecule has 0 saturated heterocycles. The molecule has 0 saturated carbocycles. The van der Waals surface area contributed by atoms with Gasteiger partial charge in [-0.3, -0.25) is 38.4 Å². The van der Waals surface area contributed by atoms with Gasteiger partial charge in [-0.25, -0.2) is 19.2 Å². The fourth-order valence-corrected chi connectivity index (χ4v) is 11.5. The third-order valence-electron chi connectivity index (χ3n) is 17.1. The average Bonchev–Trinajstić information content (AvgIpc) is 0.818. The van der Waals surface area contributed by atoms with Gasteiger partial charge in [-0.1, -0.05) is 131 Å². The zero-order valence-corrected chi connectivity index (χ0v) is 71.5. The van der Waals surface area contributed by atoms with Gasteiger partial charge in [-0.2, -0.15) is 0 Å². The Morgan fingerprint density at radius 3 is 1.16 bits per heavy atom. The molecule has 109 heavy (non-hydrogen) atoms. The van der Waals surface area contributed by atoms with Crippen molar-refractivity contribution in [2.45, 2.75) is 354 Å². The van der Waals surface area contributed by atoms with Crippen LogP contribution in [-0.2, 0) is 81.0 Å². The molecule has 0 spiro atoms. The van der Waals surface area contributed by atoms with Crippen molar-refractivity contribution in [1.29, 1.82) is 0 Å². The maximum atomic E-state index is 13.6. The summed E-state index contributed by atoms with van der Waals surface area (Å²) in [6, 6.07) is 0. The summed E-state index contributed by atoms with van der Waals surface area (Å²) in [6.07, 6.45) is 13.4. The van der Waals surface area contributed by atoms with Gasteiger partial charge in [0.2, 0.25) is 17.9 Å². The molecular formula is C81H149N7O21. The minimum absolute atomic E-state index is 0.0424. The molecule has 0 radical (unpaired) electrons. The van der Waals surface area contributed by atoms with Gasteiger partial charge in [0.25, 0.3) is 5.91 Å². The monoisotopic (exact) mass is 1560 g/mol. The lowest BCUT2D eigenvalue weighted by molar-refractivity contribution is -0.203. The SMILES string of the molecule is CCC(=O)NCCCCCCC(CN(CCCCNC(=O)OC(C)(C)C)C(=O)OC(C)(C)C)CN(CCCCNC(=O)OC(C)(C)C)C(=O)OC(C)(C)C.CCC(C)CCCC(C)CCCCC(C)CCCC(C)CCC(=O)NCCNC(=O)[C@H](OC(C)=O)[C@@H](OC(C)=O)[C@H](OC(C)=O)[C@@H](COC(C)=O)OC(C)=O. The van der Waals surface area contributed by atoms with E-state index in [9.17, 15) is 57.5 Å². The third kappa shape index (κ3) is 61.2. The van der Waals surface area contributed by atoms with Crippen LogP contribution < -0.4 is 26.6 Å². The van der Waals surface area contributed by atoms with Gasteiger partial charge in [0, 0.05) is 106 Å². The van der Waals surface area contributed by atoms with Crippen LogP contribution in [0.3, 0.4) is 0 Å². The molecular weight excluding hydrogens is 1410 g/mol. The molecule has 8 atom stereocenters. The first-order chi connectivity index (χ1) is 50.6. The van der Waals surface area contributed by atoms with Crippen LogP contribution in [0.1, 0.15) is 307 Å². The lowest BCUT2D eigenvalue weighted by atomic mass is 9.91. The predicted octanol–water partition coefficient (Wildman–Crippen LogP) is 14.3. The largest absolute Gasteiger partial charge is 0.462 e. The minimum Gasteiger partial charge on any atom is -0.462 e. The Balaban J connectivity index is 0. The van der Waals surface area contributed by atoms with Crippen LogP contribution >= 0.6 is 0 Å². The first-order valence-corrected chi connectivity index (χ1v) is 40.2. The van der Waals surface area contributed by atoms with Gasteiger partial charge >= 0.3 is 54.2 Å². The molecule has 634 valence electrons. The second-order valence-electron chi connectivity index (χ2n) is 33.2. The Bertz CT molecular complexity index is 2580. The molecule has 28 heteroatoms. The molecule has 0 aliphatic carbocycles. The number of hydrogen-bond acceptors (Lipinski definition) is 21. The number of ether oxygens (including phenoxy) is 9. The summed E-state index contributed by atoms with van der Waals surface area (Å²) < 4.78 is 48.2. The van der Waals surface area contributed by atoms with E-state index in [1.165, 1.54) is 57.8 Å². The van der Waals surface area contributed by atoms with Crippen LogP contribution in [-0.4, -0.2) is 194 Å². The van der Waals surface area contributed by atoms with Crippen molar-refractivity contribution < 1.29 is 100 Å². The Kier molecular flexibility index (Phi) is 54.3. The van der Waals surface area contributed by atoms with Gasteiger partial charge in [-0.15, -0.1) is 0 Å². The van der Waals surface area contributed by atoms with E-state index in [4.69, 9.17) is 42.6 Å². The van der Waals surface area contributed by atoms with Crippen LogP contribution in [0.4, 0.5) is 19.2 Å². The Hall–Kier alpha value is -7.16. The highest BCUT2D eigenvalue weighted by Gasteiger charge is 2.47. The molecule has 0 aromatic carbocycles. The minimum atomic E-state index is -1.89. The van der Waals surface area contributed by atoms with Crippen LogP contribution in [0, 0.1) is 29.6 Å². The first kappa shape index (κ1) is 104. The summed E-state index contributed by atoms with van der Waals surface area (Å²) in [5, 5.41) is 13.7. The molecule has 0 aliphatic heterocycles. The zero-order chi connectivity index (χ0) is 83.5. The molecule has 0 aliphatic rings. The summed E-state index contributed by atoms with van der Waals surface area (Å²) in [7, 11) is 0. The highest BCUT2D eigenvalue weighted by Crippen LogP contribution is 2.26. The van der Waals surface area contributed by atoms with E-state index >= 15 is 0 Å².